The predicted molar refractivity (Wildman–Crippen MR) is 77.0 cm³/mol. The lowest BCUT2D eigenvalue weighted by Crippen LogP contribution is -2.38. The molecule has 0 aromatic carbocycles. The summed E-state index contributed by atoms with van der Waals surface area (Å²) >= 11 is 0. The summed E-state index contributed by atoms with van der Waals surface area (Å²) in [6, 6.07) is 6.19. The molecule has 19 heavy (non-hydrogen) atoms. The van der Waals surface area contributed by atoms with Gasteiger partial charge in [-0.1, -0.05) is 19.3 Å². The Hall–Kier alpha value is -1.84. The van der Waals surface area contributed by atoms with E-state index in [0.717, 1.165) is 29.4 Å². The number of fused-ring (bicyclic) bond motifs is 1. The van der Waals surface area contributed by atoms with E-state index in [0.29, 0.717) is 6.04 Å². The fourth-order valence-corrected chi connectivity index (χ4v) is 2.81. The van der Waals surface area contributed by atoms with E-state index >= 15 is 0 Å². The van der Waals surface area contributed by atoms with Crippen molar-refractivity contribution >= 4 is 11.0 Å². The minimum Gasteiger partial charge on any atom is -0.318 e. The molecular weight excluding hydrogens is 238 g/mol. The zero-order chi connectivity index (χ0) is 13.2. The Morgan fingerprint density at radius 1 is 1.32 bits per heavy atom. The average Bonchev–Trinajstić information content (AvgIpc) is 2.45. The first-order chi connectivity index (χ1) is 9.25. The van der Waals surface area contributed by atoms with Crippen LogP contribution in [-0.4, -0.2) is 15.7 Å². The van der Waals surface area contributed by atoms with Gasteiger partial charge in [0.1, 0.15) is 0 Å². The Kier molecular flexibility index (Phi) is 3.23. The number of aromatic nitrogens is 2. The van der Waals surface area contributed by atoms with Crippen LogP contribution in [-0.2, 0) is 0 Å². The normalized spacial score (nSPS) is 16.7. The lowest BCUT2D eigenvalue weighted by atomic mass is 9.96. The molecule has 0 bridgehead atoms. The summed E-state index contributed by atoms with van der Waals surface area (Å²) in [6.07, 6.45) is 7.78. The zero-order valence-electron chi connectivity index (χ0n) is 11.2. The molecule has 0 radical (unpaired) electrons. The minimum absolute atomic E-state index is 0.0109. The molecule has 2 heterocycles. The van der Waals surface area contributed by atoms with Gasteiger partial charge in [-0.25, -0.2) is 9.66 Å². The lowest BCUT2D eigenvalue weighted by Gasteiger charge is -2.25. The Morgan fingerprint density at radius 2 is 2.11 bits per heavy atom. The third kappa shape index (κ3) is 2.35. The highest BCUT2D eigenvalue weighted by Crippen LogP contribution is 2.19. The molecule has 1 aliphatic carbocycles. The van der Waals surface area contributed by atoms with Crippen molar-refractivity contribution in [1.29, 1.82) is 0 Å². The second-order valence-corrected chi connectivity index (χ2v) is 5.35. The second kappa shape index (κ2) is 5.03. The van der Waals surface area contributed by atoms with E-state index in [4.69, 9.17) is 0 Å². The molecule has 2 aromatic heterocycles. The van der Waals surface area contributed by atoms with Gasteiger partial charge in [-0.3, -0.25) is 4.79 Å². The summed E-state index contributed by atoms with van der Waals surface area (Å²) < 4.78 is 1.64. The van der Waals surface area contributed by atoms with E-state index < -0.39 is 0 Å². The number of hydrogen-bond acceptors (Lipinski definition) is 3. The van der Waals surface area contributed by atoms with Gasteiger partial charge >= 0.3 is 0 Å². The third-order valence-electron chi connectivity index (χ3n) is 3.86. The highest BCUT2D eigenvalue weighted by Gasteiger charge is 2.15. The summed E-state index contributed by atoms with van der Waals surface area (Å²) in [6.45, 7) is 1.85. The Balaban J connectivity index is 2.05. The molecule has 0 saturated heterocycles. The maximum absolute atomic E-state index is 12.3. The van der Waals surface area contributed by atoms with Gasteiger partial charge in [0.05, 0.1) is 0 Å². The number of aryl methyl sites for hydroxylation is 1. The molecule has 1 N–H and O–H groups in total. The number of pyridine rings is 2. The molecule has 0 aliphatic heterocycles. The quantitative estimate of drug-likeness (QED) is 0.899. The zero-order valence-corrected chi connectivity index (χ0v) is 11.2. The fraction of sp³-hybridized carbons (Fsp3) is 0.467. The lowest BCUT2D eigenvalue weighted by molar-refractivity contribution is 0.438. The number of nitrogens with one attached hydrogen (secondary N) is 1. The molecule has 0 amide bonds. The molecule has 2 aromatic rings. The molecule has 3 rings (SSSR count). The Bertz CT molecular complexity index is 641. The minimum atomic E-state index is 0.0109. The highest BCUT2D eigenvalue weighted by molar-refractivity contribution is 5.75. The van der Waals surface area contributed by atoms with Crippen molar-refractivity contribution in [2.45, 2.75) is 45.1 Å². The highest BCUT2D eigenvalue weighted by atomic mass is 16.1. The van der Waals surface area contributed by atoms with E-state index in [-0.39, 0.29) is 5.56 Å². The topological polar surface area (TPSA) is 46.9 Å². The molecule has 4 nitrogen and oxygen atoms in total. The summed E-state index contributed by atoms with van der Waals surface area (Å²) in [5.41, 5.74) is 4.86. The largest absolute Gasteiger partial charge is 0.318 e. The third-order valence-corrected chi connectivity index (χ3v) is 3.86. The predicted octanol–water partition coefficient (Wildman–Crippen LogP) is 2.58. The molecule has 1 saturated carbocycles. The fourth-order valence-electron chi connectivity index (χ4n) is 2.81. The molecule has 0 spiro atoms. The number of hydrogen-bond donors (Lipinski definition) is 1. The van der Waals surface area contributed by atoms with Gasteiger partial charge < -0.3 is 5.43 Å². The van der Waals surface area contributed by atoms with Crippen LogP contribution in [0.1, 0.15) is 37.7 Å². The van der Waals surface area contributed by atoms with E-state index in [1.165, 1.54) is 19.3 Å². The van der Waals surface area contributed by atoms with Crippen molar-refractivity contribution in [1.82, 2.24) is 9.66 Å². The van der Waals surface area contributed by atoms with E-state index in [2.05, 4.69) is 10.4 Å². The van der Waals surface area contributed by atoms with Crippen LogP contribution in [0.15, 0.2) is 29.2 Å². The number of nitrogens with zero attached hydrogens (tertiary/aromatic N) is 2. The SMILES string of the molecule is Cc1cc2cccnc2n(NC2CCCCC2)c1=O. The second-order valence-electron chi connectivity index (χ2n) is 5.35. The van der Waals surface area contributed by atoms with E-state index in [1.807, 2.05) is 25.1 Å². The maximum atomic E-state index is 12.3. The number of rotatable bonds is 2. The van der Waals surface area contributed by atoms with Crippen LogP contribution in [0, 0.1) is 6.92 Å². The summed E-state index contributed by atoms with van der Waals surface area (Å²) in [5, 5.41) is 1.00. The van der Waals surface area contributed by atoms with Gasteiger partial charge in [0.2, 0.25) is 0 Å². The monoisotopic (exact) mass is 257 g/mol. The van der Waals surface area contributed by atoms with Crippen LogP contribution in [0.5, 0.6) is 0 Å². The van der Waals surface area contributed by atoms with Crippen LogP contribution in [0.4, 0.5) is 0 Å². The summed E-state index contributed by atoms with van der Waals surface area (Å²) in [5.74, 6) is 0. The van der Waals surface area contributed by atoms with Gasteiger partial charge in [0.15, 0.2) is 5.65 Å². The van der Waals surface area contributed by atoms with Crippen molar-refractivity contribution in [3.63, 3.8) is 0 Å². The molecule has 1 aliphatic rings. The summed E-state index contributed by atoms with van der Waals surface area (Å²) in [7, 11) is 0. The van der Waals surface area contributed by atoms with Gasteiger partial charge in [-0.2, -0.15) is 0 Å². The van der Waals surface area contributed by atoms with Gasteiger partial charge in [-0.05, 0) is 38.0 Å². The van der Waals surface area contributed by atoms with Crippen molar-refractivity contribution < 1.29 is 0 Å². The first-order valence-electron chi connectivity index (χ1n) is 6.99. The average molecular weight is 257 g/mol. The first-order valence-corrected chi connectivity index (χ1v) is 6.99. The molecule has 100 valence electrons. The van der Waals surface area contributed by atoms with Crippen molar-refractivity contribution in [3.05, 3.63) is 40.3 Å². The van der Waals surface area contributed by atoms with Crippen LogP contribution >= 0.6 is 0 Å². The molecule has 0 unspecified atom stereocenters. The smallest absolute Gasteiger partial charge is 0.273 e. The van der Waals surface area contributed by atoms with Crippen molar-refractivity contribution in [3.8, 4) is 0 Å². The van der Waals surface area contributed by atoms with E-state index in [9.17, 15) is 4.79 Å². The molecule has 4 heteroatoms. The molecule has 0 atom stereocenters. The van der Waals surface area contributed by atoms with Crippen LogP contribution in [0.3, 0.4) is 0 Å². The standard InChI is InChI=1S/C15H19N3O/c1-11-10-12-6-5-9-16-14(12)18(15(11)19)17-13-7-3-2-4-8-13/h5-6,9-10,13,17H,2-4,7-8H2,1H3. The van der Waals surface area contributed by atoms with Gasteiger partial charge in [0, 0.05) is 23.2 Å². The van der Waals surface area contributed by atoms with Gasteiger partial charge in [-0.15, -0.1) is 0 Å². The molecular formula is C15H19N3O. The van der Waals surface area contributed by atoms with Crippen LogP contribution in [0.2, 0.25) is 0 Å². The van der Waals surface area contributed by atoms with Crippen molar-refractivity contribution in [2.75, 3.05) is 5.43 Å². The Morgan fingerprint density at radius 3 is 2.89 bits per heavy atom. The molecule has 1 fully saturated rings. The van der Waals surface area contributed by atoms with Crippen molar-refractivity contribution in [2.24, 2.45) is 0 Å². The van der Waals surface area contributed by atoms with Crippen LogP contribution < -0.4 is 11.0 Å². The Labute approximate surface area is 112 Å². The van der Waals surface area contributed by atoms with Gasteiger partial charge in [0.25, 0.3) is 5.56 Å². The maximum Gasteiger partial charge on any atom is 0.273 e. The van der Waals surface area contributed by atoms with Crippen LogP contribution in [0.25, 0.3) is 11.0 Å². The first kappa shape index (κ1) is 12.2. The van der Waals surface area contributed by atoms with E-state index in [1.54, 1.807) is 10.9 Å². The summed E-state index contributed by atoms with van der Waals surface area (Å²) in [4.78, 5) is 16.7.